The summed E-state index contributed by atoms with van der Waals surface area (Å²) in [5.41, 5.74) is 5.67. The Bertz CT molecular complexity index is 329. The molecule has 0 amide bonds. The fourth-order valence-electron chi connectivity index (χ4n) is 1.19. The highest BCUT2D eigenvalue weighted by Gasteiger charge is 2.11. The van der Waals surface area contributed by atoms with Crippen molar-refractivity contribution in [2.75, 3.05) is 24.3 Å². The van der Waals surface area contributed by atoms with Crippen molar-refractivity contribution in [2.45, 2.75) is 26.3 Å². The number of nitrogens with zero attached hydrogens (tertiary/aromatic N) is 3. The average molecular weight is 210 g/mol. The molecule has 0 aliphatic heterocycles. The molecule has 1 atom stereocenters. The number of nitrogen functional groups attached to an aromatic ring is 1. The van der Waals surface area contributed by atoms with Crippen LogP contribution in [0.25, 0.3) is 0 Å². The molecule has 0 radical (unpaired) electrons. The summed E-state index contributed by atoms with van der Waals surface area (Å²) in [7, 11) is 1.88. The van der Waals surface area contributed by atoms with Gasteiger partial charge in [-0.25, -0.2) is 9.97 Å². The Morgan fingerprint density at radius 2 is 2.20 bits per heavy atom. The molecule has 5 heteroatoms. The Balaban J connectivity index is 2.97. The fourth-order valence-corrected chi connectivity index (χ4v) is 1.19. The smallest absolute Gasteiger partial charge is 0.134 e. The molecule has 1 aromatic heterocycles. The van der Waals surface area contributed by atoms with Crippen molar-refractivity contribution < 1.29 is 5.11 Å². The summed E-state index contributed by atoms with van der Waals surface area (Å²) < 4.78 is 0. The van der Waals surface area contributed by atoms with Crippen LogP contribution in [0, 0.1) is 0 Å². The number of hydrogen-bond acceptors (Lipinski definition) is 5. The van der Waals surface area contributed by atoms with E-state index in [9.17, 15) is 0 Å². The van der Waals surface area contributed by atoms with E-state index >= 15 is 0 Å². The molecule has 5 nitrogen and oxygen atoms in total. The van der Waals surface area contributed by atoms with E-state index in [0.717, 1.165) is 18.1 Å². The molecule has 1 heterocycles. The van der Waals surface area contributed by atoms with Gasteiger partial charge in [-0.3, -0.25) is 0 Å². The maximum absolute atomic E-state index is 9.05. The van der Waals surface area contributed by atoms with E-state index in [1.54, 1.807) is 6.07 Å². The highest BCUT2D eigenvalue weighted by molar-refractivity contribution is 5.47. The quantitative estimate of drug-likeness (QED) is 0.754. The van der Waals surface area contributed by atoms with E-state index in [1.807, 2.05) is 25.8 Å². The number of aryl methyl sites for hydroxylation is 1. The molecule has 3 N–H and O–H groups in total. The van der Waals surface area contributed by atoms with Crippen LogP contribution in [-0.2, 0) is 6.42 Å². The molecule has 1 aromatic rings. The third-order valence-electron chi connectivity index (χ3n) is 2.38. The van der Waals surface area contributed by atoms with Crippen LogP contribution < -0.4 is 10.6 Å². The Hall–Kier alpha value is -1.36. The Morgan fingerprint density at radius 3 is 2.73 bits per heavy atom. The summed E-state index contributed by atoms with van der Waals surface area (Å²) in [6, 6.07) is 1.73. The lowest BCUT2D eigenvalue weighted by Gasteiger charge is -2.24. The topological polar surface area (TPSA) is 75.3 Å². The van der Waals surface area contributed by atoms with Gasteiger partial charge in [-0.05, 0) is 6.92 Å². The monoisotopic (exact) mass is 210 g/mol. The zero-order valence-electron chi connectivity index (χ0n) is 9.44. The van der Waals surface area contributed by atoms with Crippen LogP contribution in [0.4, 0.5) is 11.6 Å². The van der Waals surface area contributed by atoms with Crippen LogP contribution in [0.3, 0.4) is 0 Å². The molecule has 0 aliphatic rings. The molecule has 0 spiro atoms. The minimum absolute atomic E-state index is 0.0176. The van der Waals surface area contributed by atoms with Gasteiger partial charge in [-0.15, -0.1) is 0 Å². The van der Waals surface area contributed by atoms with Crippen molar-refractivity contribution in [3.8, 4) is 0 Å². The Labute approximate surface area is 90.0 Å². The minimum atomic E-state index is 0.0176. The second-order valence-electron chi connectivity index (χ2n) is 3.56. The third-order valence-corrected chi connectivity index (χ3v) is 2.38. The summed E-state index contributed by atoms with van der Waals surface area (Å²) in [6.45, 7) is 3.99. The van der Waals surface area contributed by atoms with Gasteiger partial charge in [-0.1, -0.05) is 6.92 Å². The molecular weight excluding hydrogens is 192 g/mol. The first-order valence-corrected chi connectivity index (χ1v) is 5.05. The summed E-state index contributed by atoms with van der Waals surface area (Å²) in [5.74, 6) is 1.94. The highest BCUT2D eigenvalue weighted by Crippen LogP contribution is 2.15. The summed E-state index contributed by atoms with van der Waals surface area (Å²) >= 11 is 0. The number of anilines is 2. The van der Waals surface area contributed by atoms with Crippen LogP contribution in [0.1, 0.15) is 19.7 Å². The Morgan fingerprint density at radius 1 is 1.53 bits per heavy atom. The first kappa shape index (κ1) is 11.7. The number of aliphatic hydroxyl groups is 1. The summed E-state index contributed by atoms with van der Waals surface area (Å²) in [4.78, 5) is 10.3. The number of aromatic nitrogens is 2. The molecule has 15 heavy (non-hydrogen) atoms. The molecule has 1 unspecified atom stereocenters. The van der Waals surface area contributed by atoms with Crippen molar-refractivity contribution in [1.29, 1.82) is 0 Å². The molecule has 84 valence electrons. The fraction of sp³-hybridized carbons (Fsp3) is 0.600. The molecule has 1 rings (SSSR count). The molecule has 0 saturated carbocycles. The van der Waals surface area contributed by atoms with E-state index < -0.39 is 0 Å². The molecule has 0 bridgehead atoms. The van der Waals surface area contributed by atoms with Crippen molar-refractivity contribution in [3.63, 3.8) is 0 Å². The maximum Gasteiger partial charge on any atom is 0.134 e. The number of rotatable bonds is 4. The van der Waals surface area contributed by atoms with Gasteiger partial charge in [0.1, 0.15) is 17.5 Å². The standard InChI is InChI=1S/C10H18N4O/c1-4-9-12-8(11)5-10(13-9)14(3)7(2)6-15/h5,7,15H,4,6H2,1-3H3,(H2,11,12,13). The van der Waals surface area contributed by atoms with Crippen LogP contribution in [-0.4, -0.2) is 34.8 Å². The first-order valence-electron chi connectivity index (χ1n) is 5.05. The van der Waals surface area contributed by atoms with Crippen LogP contribution >= 0.6 is 0 Å². The SMILES string of the molecule is CCc1nc(N)cc(N(C)C(C)CO)n1. The minimum Gasteiger partial charge on any atom is -0.394 e. The summed E-state index contributed by atoms with van der Waals surface area (Å²) in [5, 5.41) is 9.05. The van der Waals surface area contributed by atoms with E-state index in [-0.39, 0.29) is 12.6 Å². The molecule has 0 aliphatic carbocycles. The summed E-state index contributed by atoms with van der Waals surface area (Å²) in [6.07, 6.45) is 0.749. The van der Waals surface area contributed by atoms with E-state index in [2.05, 4.69) is 9.97 Å². The van der Waals surface area contributed by atoms with Gasteiger partial charge < -0.3 is 15.7 Å². The second kappa shape index (κ2) is 4.93. The van der Waals surface area contributed by atoms with Gasteiger partial charge >= 0.3 is 0 Å². The zero-order valence-corrected chi connectivity index (χ0v) is 9.44. The van der Waals surface area contributed by atoms with E-state index in [0.29, 0.717) is 5.82 Å². The predicted octanol–water partition coefficient (Wildman–Crippen LogP) is 0.438. The molecular formula is C10H18N4O. The molecule has 0 aromatic carbocycles. The second-order valence-corrected chi connectivity index (χ2v) is 3.56. The Kier molecular flexibility index (Phi) is 3.85. The van der Waals surface area contributed by atoms with Crippen LogP contribution in [0.2, 0.25) is 0 Å². The van der Waals surface area contributed by atoms with Gasteiger partial charge in [0.05, 0.1) is 12.6 Å². The first-order chi connectivity index (χ1) is 7.08. The largest absolute Gasteiger partial charge is 0.394 e. The third kappa shape index (κ3) is 2.79. The van der Waals surface area contributed by atoms with Gasteiger partial charge in [0.15, 0.2) is 0 Å². The van der Waals surface area contributed by atoms with Gasteiger partial charge in [0.25, 0.3) is 0 Å². The lowest BCUT2D eigenvalue weighted by molar-refractivity contribution is 0.269. The van der Waals surface area contributed by atoms with Gasteiger partial charge in [0.2, 0.25) is 0 Å². The van der Waals surface area contributed by atoms with Crippen molar-refractivity contribution >= 4 is 11.6 Å². The van der Waals surface area contributed by atoms with Crippen LogP contribution in [0.15, 0.2) is 6.07 Å². The maximum atomic E-state index is 9.05. The molecule has 0 saturated heterocycles. The van der Waals surface area contributed by atoms with E-state index in [4.69, 9.17) is 10.8 Å². The number of hydrogen-bond donors (Lipinski definition) is 2. The number of aliphatic hydroxyl groups excluding tert-OH is 1. The van der Waals surface area contributed by atoms with Crippen molar-refractivity contribution in [3.05, 3.63) is 11.9 Å². The number of likely N-dealkylation sites (N-methyl/N-ethyl adjacent to an activating group) is 1. The number of nitrogens with two attached hydrogens (primary N) is 1. The molecule has 0 fully saturated rings. The van der Waals surface area contributed by atoms with Gasteiger partial charge in [-0.2, -0.15) is 0 Å². The van der Waals surface area contributed by atoms with Gasteiger partial charge in [0, 0.05) is 19.5 Å². The highest BCUT2D eigenvalue weighted by atomic mass is 16.3. The van der Waals surface area contributed by atoms with Crippen molar-refractivity contribution in [1.82, 2.24) is 9.97 Å². The lowest BCUT2D eigenvalue weighted by atomic mass is 10.3. The normalized spacial score (nSPS) is 12.5. The van der Waals surface area contributed by atoms with E-state index in [1.165, 1.54) is 0 Å². The average Bonchev–Trinajstić information content (AvgIpc) is 2.26. The van der Waals surface area contributed by atoms with Crippen molar-refractivity contribution in [2.24, 2.45) is 0 Å². The van der Waals surface area contributed by atoms with Crippen LogP contribution in [0.5, 0.6) is 0 Å². The lowest BCUT2D eigenvalue weighted by Crippen LogP contribution is -2.32. The predicted molar refractivity (Wildman–Crippen MR) is 60.8 cm³/mol. The zero-order chi connectivity index (χ0) is 11.4.